The second kappa shape index (κ2) is 8.05. The van der Waals surface area contributed by atoms with E-state index >= 15 is 0 Å². The van der Waals surface area contributed by atoms with Crippen LogP contribution in [-0.4, -0.2) is 41.0 Å². The Bertz CT molecular complexity index is 1010. The van der Waals surface area contributed by atoms with Crippen LogP contribution in [0.25, 0.3) is 0 Å². The van der Waals surface area contributed by atoms with Crippen molar-refractivity contribution in [2.75, 3.05) is 13.6 Å². The summed E-state index contributed by atoms with van der Waals surface area (Å²) in [5.74, 6) is 0.0209. The van der Waals surface area contributed by atoms with Crippen molar-refractivity contribution in [1.82, 2.24) is 9.91 Å². The Kier molecular flexibility index (Phi) is 5.46. The van der Waals surface area contributed by atoms with Gasteiger partial charge in [-0.1, -0.05) is 42.0 Å². The fraction of sp³-hybridized carbons (Fsp3) is 0.400. The molecule has 1 aliphatic carbocycles. The number of hydrazone groups is 1. The van der Waals surface area contributed by atoms with Gasteiger partial charge in [-0.3, -0.25) is 9.59 Å². The quantitative estimate of drug-likeness (QED) is 0.753. The van der Waals surface area contributed by atoms with Crippen LogP contribution in [0.3, 0.4) is 0 Å². The van der Waals surface area contributed by atoms with Crippen molar-refractivity contribution in [1.29, 1.82) is 0 Å². The second-order valence-electron chi connectivity index (χ2n) is 8.68. The standard InChI is InChI=1S/C25H29N3O2/c1-16-5-8-19(9-6-16)23-14-22(21-10-7-17(2)18(3)13-21)26-28(23)24(29)15-27(4)25(30)20-11-12-20/h5-10,13,20,23H,11-12,14-15H2,1-4H3/t23-/m1/s1. The van der Waals surface area contributed by atoms with Crippen LogP contribution in [-0.2, 0) is 9.59 Å². The van der Waals surface area contributed by atoms with Gasteiger partial charge in [-0.2, -0.15) is 5.10 Å². The topological polar surface area (TPSA) is 53.0 Å². The molecule has 2 aromatic rings. The van der Waals surface area contributed by atoms with E-state index in [1.165, 1.54) is 16.7 Å². The fourth-order valence-corrected chi connectivity index (χ4v) is 3.88. The van der Waals surface area contributed by atoms with E-state index in [1.807, 2.05) is 0 Å². The summed E-state index contributed by atoms with van der Waals surface area (Å²) in [6, 6.07) is 14.4. The Balaban J connectivity index is 1.61. The number of nitrogens with zero attached hydrogens (tertiary/aromatic N) is 3. The third-order valence-corrected chi connectivity index (χ3v) is 6.14. The molecule has 0 spiro atoms. The summed E-state index contributed by atoms with van der Waals surface area (Å²) >= 11 is 0. The van der Waals surface area contributed by atoms with Gasteiger partial charge in [0.15, 0.2) is 0 Å². The molecule has 1 fully saturated rings. The smallest absolute Gasteiger partial charge is 0.262 e. The van der Waals surface area contributed by atoms with Gasteiger partial charge in [0, 0.05) is 19.4 Å². The zero-order valence-electron chi connectivity index (χ0n) is 18.2. The first-order valence-electron chi connectivity index (χ1n) is 10.6. The molecule has 156 valence electrons. The lowest BCUT2D eigenvalue weighted by Crippen LogP contribution is -2.39. The van der Waals surface area contributed by atoms with E-state index in [9.17, 15) is 9.59 Å². The maximum atomic E-state index is 13.2. The molecule has 0 N–H and O–H groups in total. The summed E-state index contributed by atoms with van der Waals surface area (Å²) in [4.78, 5) is 27.0. The summed E-state index contributed by atoms with van der Waals surface area (Å²) in [5, 5.41) is 6.33. The van der Waals surface area contributed by atoms with E-state index in [4.69, 9.17) is 5.10 Å². The van der Waals surface area contributed by atoms with Crippen molar-refractivity contribution in [3.05, 3.63) is 70.3 Å². The van der Waals surface area contributed by atoms with Gasteiger partial charge in [-0.15, -0.1) is 0 Å². The van der Waals surface area contributed by atoms with Crippen molar-refractivity contribution in [2.45, 2.75) is 46.1 Å². The number of hydrogen-bond acceptors (Lipinski definition) is 3. The molecule has 2 aliphatic rings. The number of hydrogen-bond donors (Lipinski definition) is 0. The first-order valence-corrected chi connectivity index (χ1v) is 10.6. The average molecular weight is 404 g/mol. The highest BCUT2D eigenvalue weighted by molar-refractivity contribution is 6.03. The zero-order chi connectivity index (χ0) is 21.4. The van der Waals surface area contributed by atoms with Gasteiger partial charge < -0.3 is 4.90 Å². The maximum absolute atomic E-state index is 13.2. The molecular weight excluding hydrogens is 374 g/mol. The highest BCUT2D eigenvalue weighted by Gasteiger charge is 2.36. The predicted octanol–water partition coefficient (Wildman–Crippen LogP) is 4.16. The second-order valence-corrected chi connectivity index (χ2v) is 8.68. The average Bonchev–Trinajstić information content (AvgIpc) is 3.48. The third kappa shape index (κ3) is 4.16. The lowest BCUT2D eigenvalue weighted by Gasteiger charge is -2.25. The normalized spacial score (nSPS) is 18.3. The minimum Gasteiger partial charge on any atom is -0.336 e. The zero-order valence-corrected chi connectivity index (χ0v) is 18.2. The number of likely N-dealkylation sites (N-methyl/N-ethyl adjacent to an activating group) is 1. The van der Waals surface area contributed by atoms with Gasteiger partial charge in [0.25, 0.3) is 5.91 Å². The summed E-state index contributed by atoms with van der Waals surface area (Å²) in [6.45, 7) is 6.29. The molecule has 5 heteroatoms. The first-order chi connectivity index (χ1) is 14.3. The molecule has 4 rings (SSSR count). The van der Waals surface area contributed by atoms with Crippen LogP contribution < -0.4 is 0 Å². The molecule has 30 heavy (non-hydrogen) atoms. The number of aryl methyl sites for hydroxylation is 3. The maximum Gasteiger partial charge on any atom is 0.262 e. The minimum absolute atomic E-state index is 0.0569. The minimum atomic E-state index is -0.154. The SMILES string of the molecule is Cc1ccc([C@H]2CC(c3ccc(C)c(C)c3)=NN2C(=O)CN(C)C(=O)C2CC2)cc1. The van der Waals surface area contributed by atoms with Gasteiger partial charge >= 0.3 is 0 Å². The largest absolute Gasteiger partial charge is 0.336 e. The lowest BCUT2D eigenvalue weighted by atomic mass is 9.96. The number of amides is 2. The van der Waals surface area contributed by atoms with Crippen molar-refractivity contribution in [3.63, 3.8) is 0 Å². The Hall–Kier alpha value is -2.95. The molecule has 0 unspecified atom stereocenters. The summed E-state index contributed by atoms with van der Waals surface area (Å²) < 4.78 is 0. The number of rotatable bonds is 5. The number of carbonyl (C=O) groups is 2. The lowest BCUT2D eigenvalue weighted by molar-refractivity contribution is -0.141. The molecule has 0 bridgehead atoms. The Morgan fingerprint density at radius 1 is 1.03 bits per heavy atom. The van der Waals surface area contributed by atoms with E-state index in [-0.39, 0.29) is 30.3 Å². The Morgan fingerprint density at radius 2 is 1.73 bits per heavy atom. The summed E-state index contributed by atoms with van der Waals surface area (Å²) in [6.07, 6.45) is 2.53. The van der Waals surface area contributed by atoms with Crippen LogP contribution in [0.5, 0.6) is 0 Å². The number of carbonyl (C=O) groups excluding carboxylic acids is 2. The van der Waals surface area contributed by atoms with E-state index < -0.39 is 0 Å². The van der Waals surface area contributed by atoms with E-state index in [2.05, 4.69) is 63.2 Å². The molecule has 1 saturated carbocycles. The molecule has 2 aromatic carbocycles. The first kappa shape index (κ1) is 20.3. The monoisotopic (exact) mass is 403 g/mol. The fourth-order valence-electron chi connectivity index (χ4n) is 3.88. The molecule has 0 radical (unpaired) electrons. The molecule has 1 aliphatic heterocycles. The van der Waals surface area contributed by atoms with Gasteiger partial charge in [-0.05, 0) is 61.9 Å². The summed E-state index contributed by atoms with van der Waals surface area (Å²) in [7, 11) is 1.71. The highest BCUT2D eigenvalue weighted by atomic mass is 16.2. The van der Waals surface area contributed by atoms with Gasteiger partial charge in [0.2, 0.25) is 5.91 Å². The third-order valence-electron chi connectivity index (χ3n) is 6.14. The predicted molar refractivity (Wildman–Crippen MR) is 118 cm³/mol. The molecule has 2 amide bonds. The molecule has 1 atom stereocenters. The van der Waals surface area contributed by atoms with Crippen molar-refractivity contribution in [2.24, 2.45) is 11.0 Å². The van der Waals surface area contributed by atoms with Crippen LogP contribution in [0, 0.1) is 26.7 Å². The Labute approximate surface area is 178 Å². The van der Waals surface area contributed by atoms with Gasteiger partial charge in [-0.25, -0.2) is 5.01 Å². The molecule has 0 aromatic heterocycles. The van der Waals surface area contributed by atoms with Crippen LogP contribution in [0.15, 0.2) is 47.6 Å². The van der Waals surface area contributed by atoms with Crippen LogP contribution in [0.1, 0.15) is 53.1 Å². The van der Waals surface area contributed by atoms with E-state index in [0.29, 0.717) is 6.42 Å². The molecule has 1 heterocycles. The molecular formula is C25H29N3O2. The van der Waals surface area contributed by atoms with Crippen LogP contribution in [0.4, 0.5) is 0 Å². The van der Waals surface area contributed by atoms with Crippen molar-refractivity contribution in [3.8, 4) is 0 Å². The Morgan fingerprint density at radius 3 is 2.37 bits per heavy atom. The number of benzene rings is 2. The van der Waals surface area contributed by atoms with Gasteiger partial charge in [0.05, 0.1) is 11.8 Å². The van der Waals surface area contributed by atoms with Crippen molar-refractivity contribution < 1.29 is 9.59 Å². The van der Waals surface area contributed by atoms with E-state index in [0.717, 1.165) is 29.7 Å². The van der Waals surface area contributed by atoms with Crippen LogP contribution in [0.2, 0.25) is 0 Å². The molecule has 5 nitrogen and oxygen atoms in total. The van der Waals surface area contributed by atoms with Crippen molar-refractivity contribution >= 4 is 17.5 Å². The highest BCUT2D eigenvalue weighted by Crippen LogP contribution is 2.34. The summed E-state index contributed by atoms with van der Waals surface area (Å²) in [5.41, 5.74) is 6.65. The van der Waals surface area contributed by atoms with E-state index in [1.54, 1.807) is 17.0 Å². The van der Waals surface area contributed by atoms with Gasteiger partial charge in [0.1, 0.15) is 6.54 Å². The van der Waals surface area contributed by atoms with Crippen LogP contribution >= 0.6 is 0 Å². The molecule has 0 saturated heterocycles.